The molecule has 2 rings (SSSR count). The first-order chi connectivity index (χ1) is 8.40. The molecule has 3 heteroatoms. The summed E-state index contributed by atoms with van der Waals surface area (Å²) in [6.45, 7) is 9.23. The van der Waals surface area contributed by atoms with Gasteiger partial charge in [-0.05, 0) is 51.1 Å². The normalized spacial score (nSPS) is 27.5. The van der Waals surface area contributed by atoms with Gasteiger partial charge in [0, 0.05) is 32.3 Å². The highest BCUT2D eigenvalue weighted by atomic mass is 16.5. The van der Waals surface area contributed by atoms with Gasteiger partial charge in [0.15, 0.2) is 0 Å². The number of ether oxygens (including phenoxy) is 1. The van der Waals surface area contributed by atoms with Crippen LogP contribution in [0.15, 0.2) is 0 Å². The molecule has 0 spiro atoms. The standard InChI is InChI=1S/C14H28N2O/c1-2-8-16(14-4-3-7-15-11-14)12-13-5-9-17-10-6-13/h13-15H,2-12H2,1H3. The topological polar surface area (TPSA) is 24.5 Å². The Morgan fingerprint density at radius 1 is 1.24 bits per heavy atom. The molecule has 3 nitrogen and oxygen atoms in total. The number of hydrogen-bond donors (Lipinski definition) is 1. The van der Waals surface area contributed by atoms with E-state index in [1.807, 2.05) is 0 Å². The molecular formula is C14H28N2O. The molecule has 0 aromatic carbocycles. The molecule has 0 radical (unpaired) electrons. The van der Waals surface area contributed by atoms with E-state index in [2.05, 4.69) is 17.1 Å². The Hall–Kier alpha value is -0.120. The summed E-state index contributed by atoms with van der Waals surface area (Å²) in [5.41, 5.74) is 0. The zero-order chi connectivity index (χ0) is 11.9. The average Bonchev–Trinajstić information content (AvgIpc) is 2.40. The van der Waals surface area contributed by atoms with Gasteiger partial charge in [-0.15, -0.1) is 0 Å². The average molecular weight is 240 g/mol. The SMILES string of the molecule is CCCN(CC1CCOCC1)C1CCCNC1. The van der Waals surface area contributed by atoms with E-state index in [0.717, 1.165) is 25.2 Å². The van der Waals surface area contributed by atoms with Crippen LogP contribution < -0.4 is 5.32 Å². The lowest BCUT2D eigenvalue weighted by Crippen LogP contribution is -2.48. The van der Waals surface area contributed by atoms with E-state index in [4.69, 9.17) is 4.74 Å². The molecule has 0 aromatic rings. The molecular weight excluding hydrogens is 212 g/mol. The summed E-state index contributed by atoms with van der Waals surface area (Å²) >= 11 is 0. The molecule has 1 unspecified atom stereocenters. The van der Waals surface area contributed by atoms with Gasteiger partial charge in [-0.25, -0.2) is 0 Å². The van der Waals surface area contributed by atoms with Crippen LogP contribution in [0.5, 0.6) is 0 Å². The van der Waals surface area contributed by atoms with Crippen LogP contribution in [0, 0.1) is 5.92 Å². The molecule has 2 saturated heterocycles. The molecule has 1 N–H and O–H groups in total. The van der Waals surface area contributed by atoms with Gasteiger partial charge in [0.1, 0.15) is 0 Å². The summed E-state index contributed by atoms with van der Waals surface area (Å²) in [4.78, 5) is 2.74. The quantitative estimate of drug-likeness (QED) is 0.794. The van der Waals surface area contributed by atoms with Crippen LogP contribution in [0.1, 0.15) is 39.0 Å². The molecule has 0 amide bonds. The Balaban J connectivity index is 1.81. The Labute approximate surface area is 106 Å². The van der Waals surface area contributed by atoms with Crippen molar-refractivity contribution in [3.05, 3.63) is 0 Å². The van der Waals surface area contributed by atoms with Gasteiger partial charge in [-0.3, -0.25) is 4.90 Å². The molecule has 0 aliphatic carbocycles. The summed E-state index contributed by atoms with van der Waals surface area (Å²) in [5.74, 6) is 0.872. The van der Waals surface area contributed by atoms with Gasteiger partial charge in [-0.2, -0.15) is 0 Å². The molecule has 2 fully saturated rings. The van der Waals surface area contributed by atoms with E-state index in [1.165, 1.54) is 58.3 Å². The van der Waals surface area contributed by atoms with Crippen LogP contribution in [-0.4, -0.2) is 50.3 Å². The minimum absolute atomic E-state index is 0.784. The maximum absolute atomic E-state index is 5.46. The summed E-state index contributed by atoms with van der Waals surface area (Å²) in [6.07, 6.45) is 6.54. The highest BCUT2D eigenvalue weighted by molar-refractivity contribution is 4.80. The monoisotopic (exact) mass is 240 g/mol. The maximum Gasteiger partial charge on any atom is 0.0469 e. The number of rotatable bonds is 5. The first kappa shape index (κ1) is 13.3. The summed E-state index contributed by atoms with van der Waals surface area (Å²) in [7, 11) is 0. The second-order valence-corrected chi connectivity index (χ2v) is 5.55. The smallest absolute Gasteiger partial charge is 0.0469 e. The molecule has 0 saturated carbocycles. The minimum Gasteiger partial charge on any atom is -0.381 e. The molecule has 2 heterocycles. The zero-order valence-corrected chi connectivity index (χ0v) is 11.3. The van der Waals surface area contributed by atoms with Crippen LogP contribution in [0.25, 0.3) is 0 Å². The van der Waals surface area contributed by atoms with E-state index in [9.17, 15) is 0 Å². The minimum atomic E-state index is 0.784. The van der Waals surface area contributed by atoms with Gasteiger partial charge in [0.05, 0.1) is 0 Å². The van der Waals surface area contributed by atoms with Gasteiger partial charge >= 0.3 is 0 Å². The zero-order valence-electron chi connectivity index (χ0n) is 11.3. The fourth-order valence-corrected chi connectivity index (χ4v) is 3.12. The van der Waals surface area contributed by atoms with E-state index in [-0.39, 0.29) is 0 Å². The second kappa shape index (κ2) is 7.34. The van der Waals surface area contributed by atoms with Gasteiger partial charge in [0.25, 0.3) is 0 Å². The molecule has 0 bridgehead atoms. The molecule has 1 atom stereocenters. The molecule has 2 aliphatic rings. The molecule has 0 aromatic heterocycles. The van der Waals surface area contributed by atoms with Crippen LogP contribution >= 0.6 is 0 Å². The number of piperidine rings is 1. The van der Waals surface area contributed by atoms with Gasteiger partial charge in [0.2, 0.25) is 0 Å². The summed E-state index contributed by atoms with van der Waals surface area (Å²) < 4.78 is 5.46. The van der Waals surface area contributed by atoms with Crippen molar-refractivity contribution in [2.24, 2.45) is 5.92 Å². The van der Waals surface area contributed by atoms with E-state index in [1.54, 1.807) is 0 Å². The van der Waals surface area contributed by atoms with Crippen molar-refractivity contribution in [2.45, 2.75) is 45.1 Å². The third-order valence-electron chi connectivity index (χ3n) is 4.13. The first-order valence-corrected chi connectivity index (χ1v) is 7.42. The van der Waals surface area contributed by atoms with Crippen LogP contribution in [0.4, 0.5) is 0 Å². The number of nitrogens with zero attached hydrogens (tertiary/aromatic N) is 1. The second-order valence-electron chi connectivity index (χ2n) is 5.55. The molecule has 17 heavy (non-hydrogen) atoms. The maximum atomic E-state index is 5.46. The fraction of sp³-hybridized carbons (Fsp3) is 1.00. The van der Waals surface area contributed by atoms with E-state index < -0.39 is 0 Å². The number of hydrogen-bond acceptors (Lipinski definition) is 3. The van der Waals surface area contributed by atoms with Crippen LogP contribution in [0.3, 0.4) is 0 Å². The Kier molecular flexibility index (Phi) is 5.75. The van der Waals surface area contributed by atoms with Crippen molar-refractivity contribution in [2.75, 3.05) is 39.4 Å². The summed E-state index contributed by atoms with van der Waals surface area (Å²) in [5, 5.41) is 3.54. The third-order valence-corrected chi connectivity index (χ3v) is 4.13. The highest BCUT2D eigenvalue weighted by Crippen LogP contribution is 2.19. The van der Waals surface area contributed by atoms with Crippen molar-refractivity contribution in [1.82, 2.24) is 10.2 Å². The van der Waals surface area contributed by atoms with Crippen molar-refractivity contribution in [1.29, 1.82) is 0 Å². The van der Waals surface area contributed by atoms with Gasteiger partial charge < -0.3 is 10.1 Å². The number of nitrogens with one attached hydrogen (secondary N) is 1. The Morgan fingerprint density at radius 3 is 2.71 bits per heavy atom. The van der Waals surface area contributed by atoms with Crippen LogP contribution in [-0.2, 0) is 4.74 Å². The lowest BCUT2D eigenvalue weighted by atomic mass is 9.97. The Morgan fingerprint density at radius 2 is 2.06 bits per heavy atom. The molecule has 2 aliphatic heterocycles. The lowest BCUT2D eigenvalue weighted by molar-refractivity contribution is 0.0424. The predicted octanol–water partition coefficient (Wildman–Crippen LogP) is 1.88. The van der Waals surface area contributed by atoms with Crippen molar-refractivity contribution >= 4 is 0 Å². The first-order valence-electron chi connectivity index (χ1n) is 7.42. The van der Waals surface area contributed by atoms with Crippen molar-refractivity contribution in [3.8, 4) is 0 Å². The van der Waals surface area contributed by atoms with E-state index in [0.29, 0.717) is 0 Å². The van der Waals surface area contributed by atoms with Crippen molar-refractivity contribution in [3.63, 3.8) is 0 Å². The summed E-state index contributed by atoms with van der Waals surface area (Å²) in [6, 6.07) is 0.784. The highest BCUT2D eigenvalue weighted by Gasteiger charge is 2.24. The van der Waals surface area contributed by atoms with Crippen LogP contribution in [0.2, 0.25) is 0 Å². The van der Waals surface area contributed by atoms with E-state index >= 15 is 0 Å². The van der Waals surface area contributed by atoms with Gasteiger partial charge in [-0.1, -0.05) is 6.92 Å². The Bertz CT molecular complexity index is 198. The largest absolute Gasteiger partial charge is 0.381 e. The lowest BCUT2D eigenvalue weighted by Gasteiger charge is -2.37. The third kappa shape index (κ3) is 4.23. The van der Waals surface area contributed by atoms with Crippen molar-refractivity contribution < 1.29 is 4.74 Å². The predicted molar refractivity (Wildman–Crippen MR) is 71.3 cm³/mol. The fourth-order valence-electron chi connectivity index (χ4n) is 3.12. The molecule has 100 valence electrons.